The van der Waals surface area contributed by atoms with E-state index in [9.17, 15) is 4.79 Å². The van der Waals surface area contributed by atoms with Crippen LogP contribution in [0.25, 0.3) is 0 Å². The molecule has 4 bridgehead atoms. The van der Waals surface area contributed by atoms with Gasteiger partial charge in [0.15, 0.2) is 5.78 Å². The first-order valence-corrected chi connectivity index (χ1v) is 8.02. The van der Waals surface area contributed by atoms with Gasteiger partial charge in [0, 0.05) is 17.2 Å². The summed E-state index contributed by atoms with van der Waals surface area (Å²) in [5.41, 5.74) is 8.64. The summed E-state index contributed by atoms with van der Waals surface area (Å²) in [6.07, 6.45) is 6.58. The number of hydrogen-bond acceptors (Lipinski definition) is 2. The predicted molar refractivity (Wildman–Crippen MR) is 80.5 cm³/mol. The second-order valence-electron chi connectivity index (χ2n) is 7.41. The van der Waals surface area contributed by atoms with Gasteiger partial charge in [0.25, 0.3) is 0 Å². The van der Waals surface area contributed by atoms with Crippen molar-refractivity contribution in [3.05, 3.63) is 29.3 Å². The zero-order valence-corrected chi connectivity index (χ0v) is 12.1. The summed E-state index contributed by atoms with van der Waals surface area (Å²) in [6.45, 7) is 2.03. The van der Waals surface area contributed by atoms with Gasteiger partial charge >= 0.3 is 0 Å². The van der Waals surface area contributed by atoms with Gasteiger partial charge in [-0.25, -0.2) is 0 Å². The third-order valence-corrected chi connectivity index (χ3v) is 6.00. The van der Waals surface area contributed by atoms with E-state index in [0.29, 0.717) is 23.3 Å². The van der Waals surface area contributed by atoms with E-state index >= 15 is 0 Å². The van der Waals surface area contributed by atoms with Crippen LogP contribution in [0.1, 0.15) is 48.0 Å². The van der Waals surface area contributed by atoms with E-state index in [1.165, 1.54) is 32.1 Å². The maximum Gasteiger partial charge on any atom is 0.168 e. The minimum atomic E-state index is 0.256. The van der Waals surface area contributed by atoms with E-state index in [0.717, 1.165) is 23.0 Å². The third kappa shape index (κ3) is 1.81. The summed E-state index contributed by atoms with van der Waals surface area (Å²) in [6, 6.07) is 5.87. The SMILES string of the molecule is Cc1ccc(N)c(C(=O)C2C3CC4CC(C3)CC2C4)c1. The number of ketones is 1. The Kier molecular flexibility index (Phi) is 2.70. The number of benzene rings is 1. The molecule has 20 heavy (non-hydrogen) atoms. The van der Waals surface area contributed by atoms with Crippen molar-refractivity contribution < 1.29 is 4.79 Å². The number of nitrogens with two attached hydrogens (primary N) is 1. The number of carbonyl (C=O) groups is 1. The van der Waals surface area contributed by atoms with Crippen molar-refractivity contribution in [2.24, 2.45) is 29.6 Å². The zero-order chi connectivity index (χ0) is 13.9. The maximum atomic E-state index is 13.0. The van der Waals surface area contributed by atoms with Crippen LogP contribution in [0.5, 0.6) is 0 Å². The normalized spacial score (nSPS) is 38.1. The summed E-state index contributed by atoms with van der Waals surface area (Å²) in [5, 5.41) is 0. The number of nitrogen functional groups attached to an aromatic ring is 1. The average molecular weight is 269 g/mol. The highest BCUT2D eigenvalue weighted by molar-refractivity contribution is 6.02. The van der Waals surface area contributed by atoms with Crippen LogP contribution in [0, 0.1) is 36.5 Å². The number of carbonyl (C=O) groups excluding carboxylic acids is 1. The first-order chi connectivity index (χ1) is 9.61. The Bertz CT molecular complexity index is 535. The fraction of sp³-hybridized carbons (Fsp3) is 0.611. The lowest BCUT2D eigenvalue weighted by molar-refractivity contribution is -0.0250. The minimum Gasteiger partial charge on any atom is -0.398 e. The molecule has 0 unspecified atom stereocenters. The van der Waals surface area contributed by atoms with Crippen molar-refractivity contribution in [1.29, 1.82) is 0 Å². The quantitative estimate of drug-likeness (QED) is 0.655. The summed E-state index contributed by atoms with van der Waals surface area (Å²) < 4.78 is 0. The molecule has 0 atom stereocenters. The van der Waals surface area contributed by atoms with Gasteiger partial charge in [-0.05, 0) is 74.8 Å². The fourth-order valence-electron chi connectivity index (χ4n) is 5.42. The molecule has 4 fully saturated rings. The number of aryl methyl sites for hydroxylation is 1. The van der Waals surface area contributed by atoms with Gasteiger partial charge in [-0.15, -0.1) is 0 Å². The van der Waals surface area contributed by atoms with E-state index in [1.54, 1.807) is 0 Å². The molecule has 5 rings (SSSR count). The van der Waals surface area contributed by atoms with Gasteiger partial charge < -0.3 is 5.73 Å². The smallest absolute Gasteiger partial charge is 0.168 e. The molecule has 4 aliphatic rings. The Labute approximate surface area is 120 Å². The topological polar surface area (TPSA) is 43.1 Å². The Morgan fingerprint density at radius 2 is 1.65 bits per heavy atom. The Hall–Kier alpha value is -1.31. The van der Waals surface area contributed by atoms with Crippen molar-refractivity contribution in [1.82, 2.24) is 0 Å². The largest absolute Gasteiger partial charge is 0.398 e. The average Bonchev–Trinajstić information content (AvgIpc) is 2.40. The van der Waals surface area contributed by atoms with Gasteiger partial charge in [0.05, 0.1) is 0 Å². The minimum absolute atomic E-state index is 0.256. The highest BCUT2D eigenvalue weighted by Gasteiger charge is 2.50. The van der Waals surface area contributed by atoms with Crippen molar-refractivity contribution >= 4 is 11.5 Å². The molecule has 0 saturated heterocycles. The first kappa shape index (κ1) is 12.4. The third-order valence-electron chi connectivity index (χ3n) is 6.00. The lowest BCUT2D eigenvalue weighted by Crippen LogP contribution is -2.48. The highest BCUT2D eigenvalue weighted by atomic mass is 16.1. The Morgan fingerprint density at radius 3 is 2.25 bits per heavy atom. The standard InChI is InChI=1S/C18H23NO/c1-10-2-3-16(19)15(4-10)18(20)17-13-6-11-5-12(8-13)9-14(17)7-11/h2-4,11-14,17H,5-9,19H2,1H3. The molecule has 1 aromatic rings. The maximum absolute atomic E-state index is 13.0. The molecule has 0 heterocycles. The Morgan fingerprint density at radius 1 is 1.05 bits per heavy atom. The molecular formula is C18H23NO. The van der Waals surface area contributed by atoms with E-state index in [-0.39, 0.29) is 5.92 Å². The van der Waals surface area contributed by atoms with Crippen LogP contribution in [0.4, 0.5) is 5.69 Å². The van der Waals surface area contributed by atoms with Crippen LogP contribution in [0.2, 0.25) is 0 Å². The van der Waals surface area contributed by atoms with E-state index < -0.39 is 0 Å². The molecule has 0 radical (unpaired) electrons. The molecule has 1 aromatic carbocycles. The molecule has 2 N–H and O–H groups in total. The van der Waals surface area contributed by atoms with Crippen LogP contribution < -0.4 is 5.73 Å². The number of rotatable bonds is 2. The van der Waals surface area contributed by atoms with Crippen molar-refractivity contribution in [2.45, 2.75) is 39.0 Å². The van der Waals surface area contributed by atoms with Crippen LogP contribution >= 0.6 is 0 Å². The van der Waals surface area contributed by atoms with Gasteiger partial charge in [0.1, 0.15) is 0 Å². The zero-order valence-electron chi connectivity index (χ0n) is 12.1. The lowest BCUT2D eigenvalue weighted by Gasteiger charge is -2.53. The monoisotopic (exact) mass is 269 g/mol. The number of Topliss-reactive ketones (excluding diaryl/α,β-unsaturated/α-hetero) is 1. The first-order valence-electron chi connectivity index (χ1n) is 8.02. The second-order valence-corrected chi connectivity index (χ2v) is 7.41. The van der Waals surface area contributed by atoms with Crippen LogP contribution in [-0.2, 0) is 0 Å². The van der Waals surface area contributed by atoms with Gasteiger partial charge in [0.2, 0.25) is 0 Å². The molecular weight excluding hydrogens is 246 g/mol. The highest BCUT2D eigenvalue weighted by Crippen LogP contribution is 2.57. The van der Waals surface area contributed by atoms with Gasteiger partial charge in [-0.1, -0.05) is 11.6 Å². The number of anilines is 1. The van der Waals surface area contributed by atoms with Crippen molar-refractivity contribution in [2.75, 3.05) is 5.73 Å². The molecule has 106 valence electrons. The predicted octanol–water partition coefficient (Wildman–Crippen LogP) is 3.83. The molecule has 4 aliphatic carbocycles. The second kappa shape index (κ2) is 4.34. The summed E-state index contributed by atoms with van der Waals surface area (Å²) in [7, 11) is 0. The molecule has 0 aliphatic heterocycles. The van der Waals surface area contributed by atoms with Crippen LogP contribution in [0.15, 0.2) is 18.2 Å². The summed E-state index contributed by atoms with van der Waals surface area (Å²) in [4.78, 5) is 13.0. The van der Waals surface area contributed by atoms with E-state index in [4.69, 9.17) is 5.73 Å². The van der Waals surface area contributed by atoms with Gasteiger partial charge in [-0.2, -0.15) is 0 Å². The van der Waals surface area contributed by atoms with E-state index in [1.807, 2.05) is 25.1 Å². The molecule has 0 spiro atoms. The molecule has 4 saturated carbocycles. The Balaban J connectivity index is 1.67. The van der Waals surface area contributed by atoms with Crippen LogP contribution in [0.3, 0.4) is 0 Å². The summed E-state index contributed by atoms with van der Waals surface area (Å²) >= 11 is 0. The molecule has 0 amide bonds. The molecule has 0 aromatic heterocycles. The van der Waals surface area contributed by atoms with Crippen LogP contribution in [-0.4, -0.2) is 5.78 Å². The fourth-order valence-corrected chi connectivity index (χ4v) is 5.42. The molecule has 2 heteroatoms. The van der Waals surface area contributed by atoms with E-state index in [2.05, 4.69) is 0 Å². The van der Waals surface area contributed by atoms with Crippen molar-refractivity contribution in [3.8, 4) is 0 Å². The van der Waals surface area contributed by atoms with Crippen molar-refractivity contribution in [3.63, 3.8) is 0 Å². The van der Waals surface area contributed by atoms with Gasteiger partial charge in [-0.3, -0.25) is 4.79 Å². The number of hydrogen-bond donors (Lipinski definition) is 1. The lowest BCUT2D eigenvalue weighted by atomic mass is 9.51. The molecule has 2 nitrogen and oxygen atoms in total. The summed E-state index contributed by atoms with van der Waals surface area (Å²) in [5.74, 6) is 3.69.